The van der Waals surface area contributed by atoms with E-state index >= 15 is 0 Å². The van der Waals surface area contributed by atoms with E-state index < -0.39 is 0 Å². The highest BCUT2D eigenvalue weighted by Gasteiger charge is 2.29. The van der Waals surface area contributed by atoms with Gasteiger partial charge < -0.3 is 4.90 Å². The molecule has 1 amide bonds. The lowest BCUT2D eigenvalue weighted by atomic mass is 9.84. The Balaban J connectivity index is 1.89. The summed E-state index contributed by atoms with van der Waals surface area (Å²) in [4.78, 5) is 13.3. The minimum absolute atomic E-state index is 0.271. The SMILES string of the molecule is CC(=O)N1CCCC(C2CCCC2)C1. The lowest BCUT2D eigenvalue weighted by Crippen LogP contribution is -2.40. The van der Waals surface area contributed by atoms with Crippen molar-refractivity contribution in [3.8, 4) is 0 Å². The molecule has 0 radical (unpaired) electrons. The van der Waals surface area contributed by atoms with Crippen LogP contribution in [0.1, 0.15) is 45.4 Å². The number of likely N-dealkylation sites (tertiary alicyclic amines) is 1. The van der Waals surface area contributed by atoms with Crippen LogP contribution in [0.3, 0.4) is 0 Å². The van der Waals surface area contributed by atoms with Gasteiger partial charge in [0.2, 0.25) is 5.91 Å². The third-order valence-corrected chi connectivity index (χ3v) is 3.97. The maximum Gasteiger partial charge on any atom is 0.219 e. The number of hydrogen-bond donors (Lipinski definition) is 0. The van der Waals surface area contributed by atoms with Crippen LogP contribution >= 0.6 is 0 Å². The molecule has 2 fully saturated rings. The van der Waals surface area contributed by atoms with Crippen LogP contribution in [-0.2, 0) is 4.79 Å². The number of piperidine rings is 1. The first-order valence-corrected chi connectivity index (χ1v) is 6.03. The molecule has 1 aliphatic heterocycles. The number of amides is 1. The molecule has 80 valence electrons. The molecule has 0 spiro atoms. The summed E-state index contributed by atoms with van der Waals surface area (Å²) in [6.45, 7) is 3.75. The fraction of sp³-hybridized carbons (Fsp3) is 0.917. The summed E-state index contributed by atoms with van der Waals surface area (Å²) in [5.74, 6) is 2.01. The molecule has 1 unspecified atom stereocenters. The van der Waals surface area contributed by atoms with Crippen LogP contribution in [0.2, 0.25) is 0 Å². The molecular weight excluding hydrogens is 174 g/mol. The van der Waals surface area contributed by atoms with E-state index in [1.54, 1.807) is 6.92 Å². The first-order chi connectivity index (χ1) is 6.77. The van der Waals surface area contributed by atoms with Crippen molar-refractivity contribution in [2.24, 2.45) is 11.8 Å². The molecule has 2 nitrogen and oxygen atoms in total. The van der Waals surface area contributed by atoms with E-state index in [0.717, 1.165) is 24.9 Å². The van der Waals surface area contributed by atoms with Gasteiger partial charge in [-0.05, 0) is 24.7 Å². The zero-order valence-electron chi connectivity index (χ0n) is 9.17. The van der Waals surface area contributed by atoms with Crippen molar-refractivity contribution in [1.29, 1.82) is 0 Å². The van der Waals surface area contributed by atoms with E-state index in [9.17, 15) is 4.79 Å². The monoisotopic (exact) mass is 195 g/mol. The summed E-state index contributed by atoms with van der Waals surface area (Å²) >= 11 is 0. The van der Waals surface area contributed by atoms with Crippen molar-refractivity contribution in [3.63, 3.8) is 0 Å². The third-order valence-electron chi connectivity index (χ3n) is 3.97. The summed E-state index contributed by atoms with van der Waals surface area (Å²) in [7, 11) is 0. The molecule has 1 saturated carbocycles. The van der Waals surface area contributed by atoms with Gasteiger partial charge in [0, 0.05) is 20.0 Å². The number of rotatable bonds is 1. The second-order valence-corrected chi connectivity index (χ2v) is 4.91. The Hall–Kier alpha value is -0.530. The highest BCUT2D eigenvalue weighted by Crippen LogP contribution is 2.35. The Morgan fingerprint density at radius 1 is 1.07 bits per heavy atom. The topological polar surface area (TPSA) is 20.3 Å². The molecular formula is C12H21NO. The minimum Gasteiger partial charge on any atom is -0.343 e. The predicted octanol–water partition coefficient (Wildman–Crippen LogP) is 2.44. The van der Waals surface area contributed by atoms with E-state index in [4.69, 9.17) is 0 Å². The van der Waals surface area contributed by atoms with Crippen molar-refractivity contribution < 1.29 is 4.79 Å². The Morgan fingerprint density at radius 2 is 1.71 bits per heavy atom. The Kier molecular flexibility index (Phi) is 3.09. The van der Waals surface area contributed by atoms with Gasteiger partial charge in [0.05, 0.1) is 0 Å². The van der Waals surface area contributed by atoms with Gasteiger partial charge in [-0.2, -0.15) is 0 Å². The van der Waals surface area contributed by atoms with Gasteiger partial charge in [-0.15, -0.1) is 0 Å². The zero-order valence-corrected chi connectivity index (χ0v) is 9.17. The van der Waals surface area contributed by atoms with Crippen molar-refractivity contribution >= 4 is 5.91 Å². The smallest absolute Gasteiger partial charge is 0.219 e. The van der Waals surface area contributed by atoms with Crippen LogP contribution in [0.25, 0.3) is 0 Å². The zero-order chi connectivity index (χ0) is 9.97. The lowest BCUT2D eigenvalue weighted by molar-refractivity contribution is -0.131. The highest BCUT2D eigenvalue weighted by atomic mass is 16.2. The summed E-state index contributed by atoms with van der Waals surface area (Å²) in [6, 6.07) is 0. The Bertz CT molecular complexity index is 208. The summed E-state index contributed by atoms with van der Waals surface area (Å²) < 4.78 is 0. The van der Waals surface area contributed by atoms with Gasteiger partial charge in [-0.3, -0.25) is 4.79 Å². The summed E-state index contributed by atoms with van der Waals surface area (Å²) in [5, 5.41) is 0. The van der Waals surface area contributed by atoms with Gasteiger partial charge >= 0.3 is 0 Å². The number of carbonyl (C=O) groups excluding carboxylic acids is 1. The number of carbonyl (C=O) groups is 1. The van der Waals surface area contributed by atoms with Crippen molar-refractivity contribution in [2.45, 2.75) is 45.4 Å². The number of nitrogens with zero attached hydrogens (tertiary/aromatic N) is 1. The van der Waals surface area contributed by atoms with Crippen LogP contribution in [0.15, 0.2) is 0 Å². The van der Waals surface area contributed by atoms with Crippen molar-refractivity contribution in [3.05, 3.63) is 0 Å². The molecule has 1 heterocycles. The van der Waals surface area contributed by atoms with E-state index in [1.807, 2.05) is 4.90 Å². The van der Waals surface area contributed by atoms with Crippen molar-refractivity contribution in [1.82, 2.24) is 4.90 Å². The second-order valence-electron chi connectivity index (χ2n) is 4.91. The normalized spacial score (nSPS) is 29.5. The fourth-order valence-corrected chi connectivity index (χ4v) is 3.11. The van der Waals surface area contributed by atoms with Gasteiger partial charge in [0.25, 0.3) is 0 Å². The predicted molar refractivity (Wildman–Crippen MR) is 56.9 cm³/mol. The Labute approximate surface area is 86.7 Å². The standard InChI is InChI=1S/C12H21NO/c1-10(14)13-8-4-7-12(9-13)11-5-2-3-6-11/h11-12H,2-9H2,1H3. The van der Waals surface area contributed by atoms with E-state index in [2.05, 4.69) is 0 Å². The largest absolute Gasteiger partial charge is 0.343 e. The molecule has 2 heteroatoms. The van der Waals surface area contributed by atoms with Crippen LogP contribution in [0, 0.1) is 11.8 Å². The van der Waals surface area contributed by atoms with Gasteiger partial charge in [0.1, 0.15) is 0 Å². The molecule has 1 atom stereocenters. The molecule has 0 aromatic heterocycles. The highest BCUT2D eigenvalue weighted by molar-refractivity contribution is 5.73. The molecule has 0 aromatic rings. The van der Waals surface area contributed by atoms with Crippen LogP contribution < -0.4 is 0 Å². The molecule has 1 saturated heterocycles. The van der Waals surface area contributed by atoms with Crippen LogP contribution in [-0.4, -0.2) is 23.9 Å². The van der Waals surface area contributed by atoms with Crippen LogP contribution in [0.4, 0.5) is 0 Å². The lowest BCUT2D eigenvalue weighted by Gasteiger charge is -2.35. The first-order valence-electron chi connectivity index (χ1n) is 6.03. The summed E-state index contributed by atoms with van der Waals surface area (Å²) in [5.41, 5.74) is 0. The maximum absolute atomic E-state index is 11.3. The molecule has 2 rings (SSSR count). The number of hydrogen-bond acceptors (Lipinski definition) is 1. The maximum atomic E-state index is 11.3. The molecule has 1 aliphatic carbocycles. The third kappa shape index (κ3) is 2.10. The van der Waals surface area contributed by atoms with Crippen molar-refractivity contribution in [2.75, 3.05) is 13.1 Å². The molecule has 14 heavy (non-hydrogen) atoms. The van der Waals surface area contributed by atoms with E-state index in [1.165, 1.54) is 38.5 Å². The molecule has 2 aliphatic rings. The average molecular weight is 195 g/mol. The molecule has 0 bridgehead atoms. The Morgan fingerprint density at radius 3 is 2.36 bits per heavy atom. The average Bonchev–Trinajstić information content (AvgIpc) is 2.71. The fourth-order valence-electron chi connectivity index (χ4n) is 3.11. The second kappa shape index (κ2) is 4.33. The quantitative estimate of drug-likeness (QED) is 0.629. The molecule has 0 aromatic carbocycles. The first kappa shape index (κ1) is 10.0. The van der Waals surface area contributed by atoms with Crippen LogP contribution in [0.5, 0.6) is 0 Å². The minimum atomic E-state index is 0.271. The van der Waals surface area contributed by atoms with E-state index in [-0.39, 0.29) is 5.91 Å². The van der Waals surface area contributed by atoms with E-state index in [0.29, 0.717) is 0 Å². The van der Waals surface area contributed by atoms with Gasteiger partial charge in [-0.25, -0.2) is 0 Å². The van der Waals surface area contributed by atoms with Gasteiger partial charge in [-0.1, -0.05) is 25.7 Å². The summed E-state index contributed by atoms with van der Waals surface area (Å²) in [6.07, 6.45) is 8.24. The molecule has 0 N–H and O–H groups in total. The van der Waals surface area contributed by atoms with Gasteiger partial charge in [0.15, 0.2) is 0 Å².